The molecular weight excluding hydrogens is 594 g/mol. The third-order valence-electron chi connectivity index (χ3n) is 7.18. The standard InChI is InChI=1S/C26H26F6N4O5S/c1-12-10-14(24(40,25(27,28)29)26(30,31)32)7-8-15(12)18-17(21(37)36-9-5-6-13(36)2)34-20(42-18)19-33-16(41-35-19)11-23(3,4)22(38)39/h7-8,10,13,40H,5-6,9,11H2,1-4H3,(H,38,39)/t13-/m0/s1. The summed E-state index contributed by atoms with van der Waals surface area (Å²) >= 11 is 0.863. The van der Waals surface area contributed by atoms with E-state index in [4.69, 9.17) is 4.52 Å². The lowest BCUT2D eigenvalue weighted by atomic mass is 9.89. The lowest BCUT2D eigenvalue weighted by Crippen LogP contribution is -2.53. The first kappa shape index (κ1) is 31.4. The number of amides is 1. The number of rotatable bonds is 7. The highest BCUT2D eigenvalue weighted by Crippen LogP contribution is 2.51. The molecule has 1 saturated heterocycles. The van der Waals surface area contributed by atoms with Gasteiger partial charge in [-0.05, 0) is 51.7 Å². The molecule has 228 valence electrons. The Morgan fingerprint density at radius 2 is 1.76 bits per heavy atom. The van der Waals surface area contributed by atoms with Gasteiger partial charge in [0.15, 0.2) is 5.01 Å². The van der Waals surface area contributed by atoms with Crippen molar-refractivity contribution in [2.75, 3.05) is 6.54 Å². The van der Waals surface area contributed by atoms with E-state index in [0.717, 1.165) is 30.2 Å². The van der Waals surface area contributed by atoms with Crippen molar-refractivity contribution in [2.45, 2.75) is 71.0 Å². The summed E-state index contributed by atoms with van der Waals surface area (Å²) in [5.41, 5.74) is -7.87. The van der Waals surface area contributed by atoms with Crippen LogP contribution in [-0.4, -0.2) is 67.1 Å². The van der Waals surface area contributed by atoms with Crippen molar-refractivity contribution >= 4 is 23.2 Å². The van der Waals surface area contributed by atoms with E-state index >= 15 is 0 Å². The van der Waals surface area contributed by atoms with Crippen molar-refractivity contribution in [1.29, 1.82) is 0 Å². The number of aromatic nitrogens is 3. The summed E-state index contributed by atoms with van der Waals surface area (Å²) in [7, 11) is 0. The predicted octanol–water partition coefficient (Wildman–Crippen LogP) is 5.76. The molecule has 0 radical (unpaired) electrons. The van der Waals surface area contributed by atoms with Crippen LogP contribution in [0.3, 0.4) is 0 Å². The first-order valence-electron chi connectivity index (χ1n) is 12.6. The van der Waals surface area contributed by atoms with Crippen LogP contribution in [0.25, 0.3) is 21.3 Å². The number of alkyl halides is 6. The number of benzene rings is 1. The van der Waals surface area contributed by atoms with E-state index in [9.17, 15) is 46.1 Å². The van der Waals surface area contributed by atoms with Crippen molar-refractivity contribution in [3.05, 3.63) is 40.9 Å². The van der Waals surface area contributed by atoms with Gasteiger partial charge in [-0.15, -0.1) is 11.3 Å². The second-order valence-electron chi connectivity index (χ2n) is 10.8. The average Bonchev–Trinajstić information content (AvgIpc) is 3.61. The van der Waals surface area contributed by atoms with Crippen molar-refractivity contribution in [3.63, 3.8) is 0 Å². The van der Waals surface area contributed by atoms with E-state index < -0.39 is 40.8 Å². The maximum Gasteiger partial charge on any atom is 0.430 e. The molecular formula is C26H26F6N4O5S. The number of aliphatic hydroxyl groups is 1. The van der Waals surface area contributed by atoms with Crippen LogP contribution in [0.4, 0.5) is 26.3 Å². The van der Waals surface area contributed by atoms with E-state index in [0.29, 0.717) is 18.7 Å². The Morgan fingerprint density at radius 1 is 1.12 bits per heavy atom. The molecule has 2 N–H and O–H groups in total. The Bertz CT molecular complexity index is 1500. The molecule has 1 amide bonds. The molecule has 3 aromatic rings. The molecule has 0 saturated carbocycles. The lowest BCUT2D eigenvalue weighted by Gasteiger charge is -2.33. The van der Waals surface area contributed by atoms with Crippen LogP contribution >= 0.6 is 11.3 Å². The number of aryl methyl sites for hydroxylation is 1. The number of carbonyl (C=O) groups is 2. The number of carbonyl (C=O) groups excluding carboxylic acids is 1. The summed E-state index contributed by atoms with van der Waals surface area (Å²) in [6.07, 6.45) is -10.8. The van der Waals surface area contributed by atoms with Crippen molar-refractivity contribution in [3.8, 4) is 21.3 Å². The summed E-state index contributed by atoms with van der Waals surface area (Å²) in [4.78, 5) is 35.3. The van der Waals surface area contributed by atoms with Crippen LogP contribution < -0.4 is 0 Å². The van der Waals surface area contributed by atoms with E-state index in [1.165, 1.54) is 20.8 Å². The second kappa shape index (κ2) is 10.6. The molecule has 1 aliphatic rings. The van der Waals surface area contributed by atoms with Gasteiger partial charge in [-0.2, -0.15) is 31.3 Å². The number of aliphatic carboxylic acids is 1. The summed E-state index contributed by atoms with van der Waals surface area (Å²) in [5.74, 6) is -1.70. The minimum Gasteiger partial charge on any atom is -0.481 e. The molecule has 1 aromatic carbocycles. The fraction of sp³-hybridized carbons (Fsp3) is 0.500. The number of carboxylic acid groups (broad SMARTS) is 1. The zero-order valence-electron chi connectivity index (χ0n) is 22.7. The number of thiazole rings is 1. The van der Waals surface area contributed by atoms with Crippen LogP contribution in [0, 0.1) is 12.3 Å². The number of nitrogens with zero attached hydrogens (tertiary/aromatic N) is 4. The zero-order valence-corrected chi connectivity index (χ0v) is 23.5. The maximum atomic E-state index is 13.6. The molecule has 9 nitrogen and oxygen atoms in total. The fourth-order valence-corrected chi connectivity index (χ4v) is 5.69. The Labute approximate surface area is 239 Å². The van der Waals surface area contributed by atoms with Crippen LogP contribution in [0.5, 0.6) is 0 Å². The molecule has 0 unspecified atom stereocenters. The van der Waals surface area contributed by atoms with Gasteiger partial charge >= 0.3 is 18.3 Å². The monoisotopic (exact) mass is 620 g/mol. The largest absolute Gasteiger partial charge is 0.481 e. The lowest BCUT2D eigenvalue weighted by molar-refractivity contribution is -0.376. The van der Waals surface area contributed by atoms with Gasteiger partial charge in [0, 0.05) is 24.6 Å². The molecule has 2 aromatic heterocycles. The predicted molar refractivity (Wildman–Crippen MR) is 136 cm³/mol. The first-order chi connectivity index (χ1) is 19.3. The van der Waals surface area contributed by atoms with E-state index in [1.807, 2.05) is 6.92 Å². The highest BCUT2D eigenvalue weighted by molar-refractivity contribution is 7.18. The SMILES string of the molecule is Cc1cc(C(O)(C(F)(F)F)C(F)(F)F)ccc1-c1sc(-c2noc(CC(C)(C)C(=O)O)n2)nc1C(=O)N1CCC[C@@H]1C. The fourth-order valence-electron chi connectivity index (χ4n) is 4.61. The molecule has 1 aliphatic heterocycles. The Kier molecular flexibility index (Phi) is 7.95. The molecule has 0 bridgehead atoms. The molecule has 1 fully saturated rings. The number of hydrogen-bond donors (Lipinski definition) is 2. The van der Waals surface area contributed by atoms with Gasteiger partial charge in [-0.3, -0.25) is 9.59 Å². The minimum absolute atomic E-state index is 0.0192. The summed E-state index contributed by atoms with van der Waals surface area (Å²) in [6, 6.07) is 1.91. The third kappa shape index (κ3) is 5.48. The molecule has 16 heteroatoms. The summed E-state index contributed by atoms with van der Waals surface area (Å²) < 4.78 is 86.0. The average molecular weight is 621 g/mol. The van der Waals surface area contributed by atoms with Crippen molar-refractivity contribution < 1.29 is 50.7 Å². The zero-order chi connectivity index (χ0) is 31.4. The molecule has 0 spiro atoms. The minimum atomic E-state index is -6.06. The van der Waals surface area contributed by atoms with Crippen molar-refractivity contribution in [1.82, 2.24) is 20.0 Å². The van der Waals surface area contributed by atoms with Crippen LogP contribution in [0.2, 0.25) is 0 Å². The number of likely N-dealkylation sites (tertiary alicyclic amines) is 1. The maximum absolute atomic E-state index is 13.6. The van der Waals surface area contributed by atoms with Gasteiger partial charge in [0.25, 0.3) is 11.5 Å². The van der Waals surface area contributed by atoms with Gasteiger partial charge in [-0.25, -0.2) is 4.98 Å². The van der Waals surface area contributed by atoms with E-state index in [2.05, 4.69) is 15.1 Å². The van der Waals surface area contributed by atoms with Gasteiger partial charge in [0.05, 0.1) is 10.3 Å². The topological polar surface area (TPSA) is 130 Å². The first-order valence-corrected chi connectivity index (χ1v) is 13.4. The molecule has 42 heavy (non-hydrogen) atoms. The quantitative estimate of drug-likeness (QED) is 0.319. The number of carboxylic acids is 1. The Hall–Kier alpha value is -3.53. The highest BCUT2D eigenvalue weighted by Gasteiger charge is 2.71. The normalized spacial score (nSPS) is 16.7. The van der Waals surface area contributed by atoms with E-state index in [-0.39, 0.29) is 50.9 Å². The molecule has 0 aliphatic carbocycles. The van der Waals surface area contributed by atoms with Gasteiger partial charge < -0.3 is 19.6 Å². The van der Waals surface area contributed by atoms with Gasteiger partial charge in [-0.1, -0.05) is 23.4 Å². The molecule has 4 rings (SSSR count). The highest BCUT2D eigenvalue weighted by atomic mass is 32.1. The smallest absolute Gasteiger partial charge is 0.430 e. The molecule has 1 atom stereocenters. The van der Waals surface area contributed by atoms with Crippen LogP contribution in [0.1, 0.15) is 61.1 Å². The van der Waals surface area contributed by atoms with E-state index in [1.54, 1.807) is 4.90 Å². The van der Waals surface area contributed by atoms with Crippen molar-refractivity contribution in [2.24, 2.45) is 5.41 Å². The van der Waals surface area contributed by atoms with Gasteiger partial charge in [0.1, 0.15) is 5.69 Å². The summed E-state index contributed by atoms with van der Waals surface area (Å²) in [5, 5.41) is 23.1. The number of halogens is 6. The van der Waals surface area contributed by atoms with Crippen LogP contribution in [0.15, 0.2) is 22.7 Å². The van der Waals surface area contributed by atoms with Gasteiger partial charge in [0.2, 0.25) is 11.7 Å². The Balaban J connectivity index is 1.82. The number of hydrogen-bond acceptors (Lipinski definition) is 8. The summed E-state index contributed by atoms with van der Waals surface area (Å²) in [6.45, 7) is 6.42. The molecule has 3 heterocycles. The third-order valence-corrected chi connectivity index (χ3v) is 8.27. The van der Waals surface area contributed by atoms with Crippen LogP contribution in [-0.2, 0) is 16.8 Å². The Morgan fingerprint density at radius 3 is 2.29 bits per heavy atom. The second-order valence-corrected chi connectivity index (χ2v) is 11.8.